The highest BCUT2D eigenvalue weighted by Gasteiger charge is 2.12. The summed E-state index contributed by atoms with van der Waals surface area (Å²) in [6, 6.07) is 17.2. The molecule has 0 bridgehead atoms. The number of hydrogen-bond acceptors (Lipinski definition) is 2. The van der Waals surface area contributed by atoms with Gasteiger partial charge in [-0.3, -0.25) is 4.72 Å². The van der Waals surface area contributed by atoms with Crippen LogP contribution in [0.5, 0.6) is 0 Å². The molecule has 0 aromatic heterocycles. The molecule has 0 heterocycles. The van der Waals surface area contributed by atoms with E-state index in [1.807, 2.05) is 55.5 Å². The van der Waals surface area contributed by atoms with Crippen LogP contribution in [0.25, 0.3) is 11.1 Å². The molecule has 0 aliphatic carbocycles. The van der Waals surface area contributed by atoms with Gasteiger partial charge in [0.2, 0.25) is 10.0 Å². The molecular formula is C15H17NO2S. The molecule has 0 spiro atoms. The summed E-state index contributed by atoms with van der Waals surface area (Å²) < 4.78 is 26.4. The van der Waals surface area contributed by atoms with E-state index in [2.05, 4.69) is 4.72 Å². The van der Waals surface area contributed by atoms with E-state index < -0.39 is 10.0 Å². The fourth-order valence-corrected chi connectivity index (χ4v) is 3.08. The molecule has 2 rings (SSSR count). The van der Waals surface area contributed by atoms with Crippen LogP contribution in [0.1, 0.15) is 13.3 Å². The first-order valence-corrected chi connectivity index (χ1v) is 7.92. The van der Waals surface area contributed by atoms with Gasteiger partial charge in [0.15, 0.2) is 0 Å². The van der Waals surface area contributed by atoms with Gasteiger partial charge in [0, 0.05) is 5.56 Å². The van der Waals surface area contributed by atoms with Crippen molar-refractivity contribution in [3.8, 4) is 11.1 Å². The van der Waals surface area contributed by atoms with Crippen molar-refractivity contribution in [2.75, 3.05) is 10.5 Å². The third-order valence-electron chi connectivity index (χ3n) is 2.75. The maximum Gasteiger partial charge on any atom is 0.232 e. The lowest BCUT2D eigenvalue weighted by Gasteiger charge is -2.12. The van der Waals surface area contributed by atoms with Gasteiger partial charge in [0.05, 0.1) is 11.4 Å². The Hall–Kier alpha value is -1.81. The number of sulfonamides is 1. The molecule has 2 aromatic carbocycles. The summed E-state index contributed by atoms with van der Waals surface area (Å²) >= 11 is 0. The van der Waals surface area contributed by atoms with Crippen molar-refractivity contribution in [1.29, 1.82) is 0 Å². The molecule has 3 nitrogen and oxygen atoms in total. The summed E-state index contributed by atoms with van der Waals surface area (Å²) in [6.07, 6.45) is 0.600. The number of hydrogen-bond donors (Lipinski definition) is 1. The largest absolute Gasteiger partial charge is 0.283 e. The Morgan fingerprint density at radius 2 is 1.58 bits per heavy atom. The molecule has 0 fully saturated rings. The Morgan fingerprint density at radius 3 is 2.26 bits per heavy atom. The molecule has 0 amide bonds. The second-order valence-electron chi connectivity index (χ2n) is 4.33. The highest BCUT2D eigenvalue weighted by molar-refractivity contribution is 7.92. The Bertz CT molecular complexity index is 636. The molecule has 0 radical (unpaired) electrons. The average molecular weight is 275 g/mol. The van der Waals surface area contributed by atoms with Crippen molar-refractivity contribution in [3.63, 3.8) is 0 Å². The quantitative estimate of drug-likeness (QED) is 0.907. The molecule has 4 heteroatoms. The predicted octanol–water partition coefficient (Wildman–Crippen LogP) is 3.51. The fourth-order valence-electron chi connectivity index (χ4n) is 1.93. The van der Waals surface area contributed by atoms with E-state index >= 15 is 0 Å². The third-order valence-corrected chi connectivity index (χ3v) is 4.23. The molecule has 2 aromatic rings. The van der Waals surface area contributed by atoms with Gasteiger partial charge >= 0.3 is 0 Å². The van der Waals surface area contributed by atoms with E-state index in [-0.39, 0.29) is 5.75 Å². The molecule has 0 aliphatic rings. The zero-order valence-electron chi connectivity index (χ0n) is 10.8. The van der Waals surface area contributed by atoms with Crippen LogP contribution in [-0.4, -0.2) is 14.2 Å². The van der Waals surface area contributed by atoms with Crippen LogP contribution in [0.3, 0.4) is 0 Å². The normalized spacial score (nSPS) is 11.2. The minimum atomic E-state index is -3.27. The van der Waals surface area contributed by atoms with E-state index in [1.54, 1.807) is 6.07 Å². The van der Waals surface area contributed by atoms with Crippen LogP contribution in [-0.2, 0) is 10.0 Å². The number of nitrogens with one attached hydrogen (secondary N) is 1. The standard InChI is InChI=1S/C15H17NO2S/c1-2-12-19(17,18)16-15-11-7-6-10-14(15)13-8-4-3-5-9-13/h3-11,16H,2,12H2,1H3. The van der Waals surface area contributed by atoms with Crippen molar-refractivity contribution in [2.45, 2.75) is 13.3 Å². The minimum Gasteiger partial charge on any atom is -0.283 e. The molecule has 0 saturated heterocycles. The maximum absolute atomic E-state index is 11.9. The molecule has 0 atom stereocenters. The monoisotopic (exact) mass is 275 g/mol. The highest BCUT2D eigenvalue weighted by atomic mass is 32.2. The molecule has 19 heavy (non-hydrogen) atoms. The van der Waals surface area contributed by atoms with Crippen LogP contribution in [0, 0.1) is 0 Å². The maximum atomic E-state index is 11.9. The second kappa shape index (κ2) is 5.89. The van der Waals surface area contributed by atoms with E-state index in [0.29, 0.717) is 12.1 Å². The Morgan fingerprint density at radius 1 is 0.947 bits per heavy atom. The zero-order valence-corrected chi connectivity index (χ0v) is 11.7. The summed E-state index contributed by atoms with van der Waals surface area (Å²) in [5.74, 6) is 0.135. The molecule has 0 unspecified atom stereocenters. The third kappa shape index (κ3) is 3.58. The molecular weight excluding hydrogens is 258 g/mol. The van der Waals surface area contributed by atoms with Gasteiger partial charge < -0.3 is 0 Å². The van der Waals surface area contributed by atoms with Gasteiger partial charge in [-0.05, 0) is 18.1 Å². The fraction of sp³-hybridized carbons (Fsp3) is 0.200. The number of rotatable bonds is 5. The van der Waals surface area contributed by atoms with Crippen LogP contribution < -0.4 is 4.72 Å². The predicted molar refractivity (Wildman–Crippen MR) is 79.6 cm³/mol. The average Bonchev–Trinajstić information content (AvgIpc) is 2.40. The van der Waals surface area contributed by atoms with Crippen LogP contribution in [0.15, 0.2) is 54.6 Å². The van der Waals surface area contributed by atoms with Gasteiger partial charge in [0.1, 0.15) is 0 Å². The van der Waals surface area contributed by atoms with Crippen molar-refractivity contribution in [2.24, 2.45) is 0 Å². The van der Waals surface area contributed by atoms with Crippen LogP contribution in [0.4, 0.5) is 5.69 Å². The summed E-state index contributed by atoms with van der Waals surface area (Å²) in [4.78, 5) is 0. The first kappa shape index (κ1) is 13.6. The van der Waals surface area contributed by atoms with E-state index in [4.69, 9.17) is 0 Å². The SMILES string of the molecule is CCCS(=O)(=O)Nc1ccccc1-c1ccccc1. The van der Waals surface area contributed by atoms with Gasteiger partial charge in [-0.2, -0.15) is 0 Å². The van der Waals surface area contributed by atoms with Gasteiger partial charge in [-0.1, -0.05) is 55.5 Å². The summed E-state index contributed by atoms with van der Waals surface area (Å²) in [6.45, 7) is 1.85. The van der Waals surface area contributed by atoms with Gasteiger partial charge in [0.25, 0.3) is 0 Å². The first-order valence-electron chi connectivity index (χ1n) is 6.27. The van der Waals surface area contributed by atoms with Crippen LogP contribution in [0.2, 0.25) is 0 Å². The lowest BCUT2D eigenvalue weighted by Crippen LogP contribution is -2.16. The number of benzene rings is 2. The second-order valence-corrected chi connectivity index (χ2v) is 6.17. The first-order chi connectivity index (χ1) is 9.12. The number of para-hydroxylation sites is 1. The van der Waals surface area contributed by atoms with E-state index in [0.717, 1.165) is 11.1 Å². The molecule has 0 aliphatic heterocycles. The molecule has 1 N–H and O–H groups in total. The lowest BCUT2D eigenvalue weighted by atomic mass is 10.0. The zero-order chi connectivity index (χ0) is 13.7. The van der Waals surface area contributed by atoms with Gasteiger partial charge in [-0.15, -0.1) is 0 Å². The van der Waals surface area contributed by atoms with Crippen molar-refractivity contribution >= 4 is 15.7 Å². The van der Waals surface area contributed by atoms with Crippen molar-refractivity contribution in [3.05, 3.63) is 54.6 Å². The van der Waals surface area contributed by atoms with Crippen molar-refractivity contribution in [1.82, 2.24) is 0 Å². The Balaban J connectivity index is 2.38. The summed E-state index contributed by atoms with van der Waals surface area (Å²) in [7, 11) is -3.27. The topological polar surface area (TPSA) is 46.2 Å². The van der Waals surface area contributed by atoms with Gasteiger partial charge in [-0.25, -0.2) is 8.42 Å². The summed E-state index contributed by atoms with van der Waals surface area (Å²) in [5, 5.41) is 0. The smallest absolute Gasteiger partial charge is 0.232 e. The summed E-state index contributed by atoms with van der Waals surface area (Å²) in [5.41, 5.74) is 2.52. The Labute approximate surface area is 114 Å². The molecule has 0 saturated carbocycles. The van der Waals surface area contributed by atoms with Crippen molar-refractivity contribution < 1.29 is 8.42 Å². The highest BCUT2D eigenvalue weighted by Crippen LogP contribution is 2.28. The van der Waals surface area contributed by atoms with Crippen LogP contribution >= 0.6 is 0 Å². The molecule has 100 valence electrons. The van der Waals surface area contributed by atoms with E-state index in [9.17, 15) is 8.42 Å². The number of anilines is 1. The minimum absolute atomic E-state index is 0.135. The van der Waals surface area contributed by atoms with E-state index in [1.165, 1.54) is 0 Å². The lowest BCUT2D eigenvalue weighted by molar-refractivity contribution is 0.600. The Kier molecular flexibility index (Phi) is 4.22.